The van der Waals surface area contributed by atoms with Gasteiger partial charge in [0.25, 0.3) is 5.91 Å². The van der Waals surface area contributed by atoms with E-state index >= 15 is 0 Å². The van der Waals surface area contributed by atoms with Gasteiger partial charge in [0.1, 0.15) is 5.75 Å². The number of aromatic nitrogens is 1. The van der Waals surface area contributed by atoms with Gasteiger partial charge in [-0.15, -0.1) is 11.3 Å². The summed E-state index contributed by atoms with van der Waals surface area (Å²) in [4.78, 5) is 16.8. The average Bonchev–Trinajstić information content (AvgIpc) is 3.06. The van der Waals surface area contributed by atoms with E-state index in [4.69, 9.17) is 27.9 Å². The van der Waals surface area contributed by atoms with Gasteiger partial charge in [0.2, 0.25) is 0 Å². The van der Waals surface area contributed by atoms with Crippen LogP contribution in [0.15, 0.2) is 47.8 Å². The summed E-state index contributed by atoms with van der Waals surface area (Å²) in [6.07, 6.45) is -0.669. The zero-order valence-corrected chi connectivity index (χ0v) is 16.5. The van der Waals surface area contributed by atoms with Crippen LogP contribution in [0.1, 0.15) is 12.5 Å². The van der Waals surface area contributed by atoms with Crippen molar-refractivity contribution in [3.63, 3.8) is 0 Å². The zero-order valence-electron chi connectivity index (χ0n) is 14.1. The summed E-state index contributed by atoms with van der Waals surface area (Å²) in [6, 6.07) is 12.7. The molecule has 0 saturated carbocycles. The molecular formula is C19H16Cl2N2O2S. The molecule has 1 aromatic heterocycles. The maximum Gasteiger partial charge on any atom is 0.266 e. The molecule has 1 atom stereocenters. The molecule has 0 unspecified atom stereocenters. The van der Waals surface area contributed by atoms with Crippen molar-refractivity contribution >= 4 is 45.6 Å². The molecular weight excluding hydrogens is 391 g/mol. The Labute approximate surface area is 165 Å². The molecule has 1 N–H and O–H groups in total. The number of benzene rings is 2. The van der Waals surface area contributed by atoms with Gasteiger partial charge in [0.05, 0.1) is 5.69 Å². The normalized spacial score (nSPS) is 11.8. The zero-order chi connectivity index (χ0) is 18.7. The van der Waals surface area contributed by atoms with Gasteiger partial charge in [-0.1, -0.05) is 35.3 Å². The van der Waals surface area contributed by atoms with Crippen LogP contribution < -0.4 is 10.1 Å². The number of aryl methyl sites for hydroxylation is 1. The van der Waals surface area contributed by atoms with Crippen molar-refractivity contribution in [2.75, 3.05) is 5.32 Å². The lowest BCUT2D eigenvalue weighted by Gasteiger charge is -2.15. The molecule has 4 nitrogen and oxygen atoms in total. The average molecular weight is 407 g/mol. The fourth-order valence-electron chi connectivity index (χ4n) is 2.28. The first-order chi connectivity index (χ1) is 12.4. The van der Waals surface area contributed by atoms with Crippen LogP contribution in [0.25, 0.3) is 11.3 Å². The van der Waals surface area contributed by atoms with Crippen LogP contribution in [0.2, 0.25) is 10.0 Å². The van der Waals surface area contributed by atoms with Gasteiger partial charge in [0, 0.05) is 21.0 Å². The minimum Gasteiger partial charge on any atom is -0.481 e. The predicted molar refractivity (Wildman–Crippen MR) is 107 cm³/mol. The summed E-state index contributed by atoms with van der Waals surface area (Å²) in [5, 5.41) is 6.48. The van der Waals surface area contributed by atoms with Crippen molar-refractivity contribution in [1.82, 2.24) is 4.98 Å². The Balaban J connectivity index is 1.65. The highest BCUT2D eigenvalue weighted by molar-refractivity contribution is 7.14. The highest BCUT2D eigenvalue weighted by atomic mass is 35.5. The number of rotatable bonds is 5. The van der Waals surface area contributed by atoms with Crippen molar-refractivity contribution in [1.29, 1.82) is 0 Å². The van der Waals surface area contributed by atoms with Crippen LogP contribution in [-0.2, 0) is 4.79 Å². The summed E-state index contributed by atoms with van der Waals surface area (Å²) in [6.45, 7) is 3.57. The SMILES string of the molecule is Cc1cc(Cl)ccc1O[C@H](C)C(=O)Nc1nc(-c2ccc(Cl)cc2)cs1. The van der Waals surface area contributed by atoms with E-state index in [1.165, 1.54) is 11.3 Å². The molecule has 134 valence electrons. The van der Waals surface area contributed by atoms with Gasteiger partial charge in [-0.3, -0.25) is 10.1 Å². The Morgan fingerprint density at radius 2 is 1.85 bits per heavy atom. The van der Waals surface area contributed by atoms with Crippen molar-refractivity contribution in [3.8, 4) is 17.0 Å². The lowest BCUT2D eigenvalue weighted by molar-refractivity contribution is -0.122. The number of nitrogens with zero attached hydrogens (tertiary/aromatic N) is 1. The minimum atomic E-state index is -0.669. The molecule has 0 bridgehead atoms. The van der Waals surface area contributed by atoms with Crippen LogP contribution in [0.5, 0.6) is 5.75 Å². The van der Waals surface area contributed by atoms with E-state index in [1.807, 2.05) is 24.4 Å². The Morgan fingerprint density at radius 3 is 2.54 bits per heavy atom. The van der Waals surface area contributed by atoms with E-state index < -0.39 is 6.10 Å². The maximum atomic E-state index is 12.4. The Kier molecular flexibility index (Phi) is 5.81. The number of ether oxygens (including phenoxy) is 1. The van der Waals surface area contributed by atoms with E-state index in [9.17, 15) is 4.79 Å². The van der Waals surface area contributed by atoms with E-state index in [-0.39, 0.29) is 5.91 Å². The number of thiazole rings is 1. The second-order valence-electron chi connectivity index (χ2n) is 5.70. The minimum absolute atomic E-state index is 0.267. The smallest absolute Gasteiger partial charge is 0.266 e. The molecule has 0 fully saturated rings. The molecule has 26 heavy (non-hydrogen) atoms. The highest BCUT2D eigenvalue weighted by Gasteiger charge is 2.17. The largest absolute Gasteiger partial charge is 0.481 e. The molecule has 0 aliphatic rings. The molecule has 0 aliphatic heterocycles. The fourth-order valence-corrected chi connectivity index (χ4v) is 3.36. The van der Waals surface area contributed by atoms with Crippen LogP contribution >= 0.6 is 34.5 Å². The first kappa shape index (κ1) is 18.7. The molecule has 0 spiro atoms. The van der Waals surface area contributed by atoms with Crippen LogP contribution in [0, 0.1) is 6.92 Å². The van der Waals surface area contributed by atoms with Crippen molar-refractivity contribution < 1.29 is 9.53 Å². The van der Waals surface area contributed by atoms with Gasteiger partial charge in [-0.05, 0) is 49.7 Å². The number of hydrogen-bond acceptors (Lipinski definition) is 4. The fraction of sp³-hybridized carbons (Fsp3) is 0.158. The number of hydrogen-bond donors (Lipinski definition) is 1. The number of nitrogens with one attached hydrogen (secondary N) is 1. The lowest BCUT2D eigenvalue weighted by Crippen LogP contribution is -2.30. The molecule has 0 aliphatic carbocycles. The molecule has 0 radical (unpaired) electrons. The number of amides is 1. The quantitative estimate of drug-likeness (QED) is 0.579. The van der Waals surface area contributed by atoms with E-state index in [2.05, 4.69) is 10.3 Å². The van der Waals surface area contributed by atoms with Crippen molar-refractivity contribution in [3.05, 3.63) is 63.5 Å². The molecule has 3 rings (SSSR count). The second-order valence-corrected chi connectivity index (χ2v) is 7.43. The second kappa shape index (κ2) is 8.08. The van der Waals surface area contributed by atoms with Crippen LogP contribution in [0.3, 0.4) is 0 Å². The first-order valence-electron chi connectivity index (χ1n) is 7.87. The molecule has 2 aromatic carbocycles. The molecule has 0 saturated heterocycles. The monoisotopic (exact) mass is 406 g/mol. The van der Waals surface area contributed by atoms with Crippen molar-refractivity contribution in [2.24, 2.45) is 0 Å². The molecule has 1 amide bonds. The third-order valence-corrected chi connectivity index (χ3v) is 4.93. The maximum absolute atomic E-state index is 12.4. The Hall–Kier alpha value is -2.08. The number of carbonyl (C=O) groups excluding carboxylic acids is 1. The predicted octanol–water partition coefficient (Wildman–Crippen LogP) is 5.83. The lowest BCUT2D eigenvalue weighted by atomic mass is 10.2. The number of anilines is 1. The third-order valence-electron chi connectivity index (χ3n) is 3.68. The summed E-state index contributed by atoms with van der Waals surface area (Å²) >= 11 is 13.2. The topological polar surface area (TPSA) is 51.2 Å². The molecule has 1 heterocycles. The Morgan fingerprint density at radius 1 is 1.15 bits per heavy atom. The van der Waals surface area contributed by atoms with Gasteiger partial charge in [-0.2, -0.15) is 0 Å². The van der Waals surface area contributed by atoms with Gasteiger partial charge in [-0.25, -0.2) is 4.98 Å². The van der Waals surface area contributed by atoms with Gasteiger partial charge < -0.3 is 4.74 Å². The van der Waals surface area contributed by atoms with Crippen LogP contribution in [0.4, 0.5) is 5.13 Å². The van der Waals surface area contributed by atoms with E-state index in [0.29, 0.717) is 20.9 Å². The first-order valence-corrected chi connectivity index (χ1v) is 9.51. The molecule has 7 heteroatoms. The molecule has 3 aromatic rings. The Bertz CT molecular complexity index is 926. The number of halogens is 2. The summed E-state index contributed by atoms with van der Waals surface area (Å²) < 4.78 is 5.73. The summed E-state index contributed by atoms with van der Waals surface area (Å²) in [5.74, 6) is 0.356. The van der Waals surface area contributed by atoms with Crippen LogP contribution in [-0.4, -0.2) is 17.0 Å². The van der Waals surface area contributed by atoms with Gasteiger partial charge in [0.15, 0.2) is 11.2 Å². The van der Waals surface area contributed by atoms with Gasteiger partial charge >= 0.3 is 0 Å². The highest BCUT2D eigenvalue weighted by Crippen LogP contribution is 2.27. The van der Waals surface area contributed by atoms with E-state index in [0.717, 1.165) is 16.8 Å². The summed E-state index contributed by atoms with van der Waals surface area (Å²) in [7, 11) is 0. The van der Waals surface area contributed by atoms with E-state index in [1.54, 1.807) is 37.3 Å². The number of carbonyl (C=O) groups is 1. The van der Waals surface area contributed by atoms with Crippen molar-refractivity contribution in [2.45, 2.75) is 20.0 Å². The summed E-state index contributed by atoms with van der Waals surface area (Å²) in [5.41, 5.74) is 2.59. The standard InChI is InChI=1S/C19H16Cl2N2O2S/c1-11-9-15(21)7-8-17(11)25-12(2)18(24)23-19-22-16(10-26-19)13-3-5-14(20)6-4-13/h3-10,12H,1-2H3,(H,22,23,24)/t12-/m1/s1. The third kappa shape index (κ3) is 4.55.